The minimum Gasteiger partial charge on any atom is -0.381 e. The van der Waals surface area contributed by atoms with Gasteiger partial charge in [0.25, 0.3) is 0 Å². The minimum absolute atomic E-state index is 0.0663. The highest BCUT2D eigenvalue weighted by molar-refractivity contribution is 5.83. The molecule has 122 valence electrons. The average Bonchev–Trinajstić information content (AvgIpc) is 3.26. The van der Waals surface area contributed by atoms with Crippen LogP contribution in [0.15, 0.2) is 24.3 Å². The highest BCUT2D eigenvalue weighted by Crippen LogP contribution is 2.45. The normalized spacial score (nSPS) is 17.3. The van der Waals surface area contributed by atoms with Crippen LogP contribution >= 0.6 is 0 Å². The highest BCUT2D eigenvalue weighted by atomic mass is 16.5. The van der Waals surface area contributed by atoms with Gasteiger partial charge < -0.3 is 10.1 Å². The van der Waals surface area contributed by atoms with E-state index in [9.17, 15) is 4.79 Å². The molecule has 1 aliphatic carbocycles. The molecule has 1 saturated carbocycles. The summed E-state index contributed by atoms with van der Waals surface area (Å²) in [6.07, 6.45) is 2.29. The molecule has 22 heavy (non-hydrogen) atoms. The summed E-state index contributed by atoms with van der Waals surface area (Å²) in [5.74, 6) is 0.0663. The van der Waals surface area contributed by atoms with E-state index in [1.54, 1.807) is 0 Å². The molecule has 1 atom stereocenters. The number of carbonyl (C=O) groups is 1. The van der Waals surface area contributed by atoms with Crippen molar-refractivity contribution in [2.75, 3.05) is 33.9 Å². The van der Waals surface area contributed by atoms with Gasteiger partial charge in [-0.3, -0.25) is 9.69 Å². The van der Waals surface area contributed by atoms with Crippen LogP contribution in [0.1, 0.15) is 36.9 Å². The number of benzene rings is 1. The van der Waals surface area contributed by atoms with Gasteiger partial charge in [0, 0.05) is 18.6 Å². The van der Waals surface area contributed by atoms with Gasteiger partial charge in [0.15, 0.2) is 0 Å². The Bertz CT molecular complexity index is 492. The molecule has 0 spiro atoms. The second-order valence-corrected chi connectivity index (χ2v) is 6.63. The van der Waals surface area contributed by atoms with Crippen LogP contribution in [-0.4, -0.2) is 44.7 Å². The Labute approximate surface area is 133 Å². The molecule has 0 aliphatic heterocycles. The molecule has 1 aromatic carbocycles. The quantitative estimate of drug-likeness (QED) is 0.802. The number of amides is 1. The number of aryl methyl sites for hydroxylation is 1. The predicted octanol–water partition coefficient (Wildman–Crippen LogP) is 2.53. The zero-order valence-corrected chi connectivity index (χ0v) is 14.2. The fourth-order valence-electron chi connectivity index (χ4n) is 2.67. The number of nitrogens with one attached hydrogen (secondary N) is 1. The second-order valence-electron chi connectivity index (χ2n) is 6.63. The molecule has 1 fully saturated rings. The summed E-state index contributed by atoms with van der Waals surface area (Å²) < 4.78 is 5.54. The van der Waals surface area contributed by atoms with Gasteiger partial charge in [0.2, 0.25) is 5.91 Å². The van der Waals surface area contributed by atoms with E-state index in [1.807, 2.05) is 38.1 Å². The zero-order chi connectivity index (χ0) is 16.2. The fraction of sp³-hybridized carbons (Fsp3) is 0.611. The van der Waals surface area contributed by atoms with E-state index in [1.165, 1.54) is 5.56 Å². The summed E-state index contributed by atoms with van der Waals surface area (Å²) in [5.41, 5.74) is 2.41. The Morgan fingerprint density at radius 1 is 1.32 bits per heavy atom. The van der Waals surface area contributed by atoms with Gasteiger partial charge in [0.1, 0.15) is 6.04 Å². The first-order chi connectivity index (χ1) is 10.5. The molecule has 0 radical (unpaired) electrons. The van der Waals surface area contributed by atoms with Crippen molar-refractivity contribution in [1.82, 2.24) is 10.2 Å². The van der Waals surface area contributed by atoms with E-state index >= 15 is 0 Å². The largest absolute Gasteiger partial charge is 0.381 e. The van der Waals surface area contributed by atoms with Crippen LogP contribution < -0.4 is 5.32 Å². The molecule has 2 rings (SSSR count). The van der Waals surface area contributed by atoms with Gasteiger partial charge in [0.05, 0.1) is 6.61 Å². The van der Waals surface area contributed by atoms with Crippen LogP contribution in [0.25, 0.3) is 0 Å². The van der Waals surface area contributed by atoms with Gasteiger partial charge >= 0.3 is 0 Å². The van der Waals surface area contributed by atoms with E-state index in [0.29, 0.717) is 6.54 Å². The number of hydrogen-bond donors (Lipinski definition) is 1. The number of hydrogen-bond acceptors (Lipinski definition) is 3. The molecular formula is C18H28N2O2. The second kappa shape index (κ2) is 7.25. The van der Waals surface area contributed by atoms with Gasteiger partial charge in [-0.05, 0) is 46.3 Å². The van der Waals surface area contributed by atoms with Crippen molar-refractivity contribution >= 4 is 5.91 Å². The first kappa shape index (κ1) is 17.0. The molecule has 0 heterocycles. The van der Waals surface area contributed by atoms with Crippen molar-refractivity contribution in [2.24, 2.45) is 5.41 Å². The maximum absolute atomic E-state index is 12.6. The average molecular weight is 304 g/mol. The van der Waals surface area contributed by atoms with Crippen molar-refractivity contribution < 1.29 is 9.53 Å². The predicted molar refractivity (Wildman–Crippen MR) is 88.8 cm³/mol. The van der Waals surface area contributed by atoms with E-state index in [0.717, 1.165) is 31.6 Å². The molecule has 0 saturated heterocycles. The Hall–Kier alpha value is -1.39. The minimum atomic E-state index is -0.247. The third-order valence-electron chi connectivity index (χ3n) is 4.36. The van der Waals surface area contributed by atoms with Crippen LogP contribution in [0.2, 0.25) is 0 Å². The van der Waals surface area contributed by atoms with Crippen LogP contribution in [0.3, 0.4) is 0 Å². The van der Waals surface area contributed by atoms with Crippen molar-refractivity contribution in [2.45, 2.75) is 32.7 Å². The van der Waals surface area contributed by atoms with E-state index in [2.05, 4.69) is 24.4 Å². The molecule has 0 bridgehead atoms. The third kappa shape index (κ3) is 4.31. The molecule has 1 N–H and O–H groups in total. The standard InChI is InChI=1S/C18H28N2O2/c1-5-22-13-18(10-11-18)12-19-17(21)16(20(3)4)15-8-6-14(2)7-9-15/h6-9,16H,5,10-13H2,1-4H3,(H,19,21)/t16-/m0/s1. The lowest BCUT2D eigenvalue weighted by Gasteiger charge is -2.25. The first-order valence-electron chi connectivity index (χ1n) is 8.06. The molecule has 1 aliphatic rings. The summed E-state index contributed by atoms with van der Waals surface area (Å²) in [4.78, 5) is 14.6. The Morgan fingerprint density at radius 3 is 2.45 bits per heavy atom. The summed E-state index contributed by atoms with van der Waals surface area (Å²) in [6.45, 7) is 6.26. The van der Waals surface area contributed by atoms with Crippen LogP contribution in [0.4, 0.5) is 0 Å². The van der Waals surface area contributed by atoms with Crippen molar-refractivity contribution in [3.05, 3.63) is 35.4 Å². The Kier molecular flexibility index (Phi) is 5.59. The number of rotatable bonds is 8. The molecule has 0 aromatic heterocycles. The molecule has 4 heteroatoms. The summed E-state index contributed by atoms with van der Waals surface area (Å²) in [6, 6.07) is 7.93. The first-order valence-corrected chi connectivity index (χ1v) is 8.06. The van der Waals surface area contributed by atoms with E-state index in [-0.39, 0.29) is 17.4 Å². The zero-order valence-electron chi connectivity index (χ0n) is 14.2. The lowest BCUT2D eigenvalue weighted by molar-refractivity contribution is -0.126. The van der Waals surface area contributed by atoms with Gasteiger partial charge in [-0.15, -0.1) is 0 Å². The van der Waals surface area contributed by atoms with Crippen molar-refractivity contribution in [3.8, 4) is 0 Å². The number of likely N-dealkylation sites (N-methyl/N-ethyl adjacent to an activating group) is 1. The number of carbonyl (C=O) groups excluding carboxylic acids is 1. The smallest absolute Gasteiger partial charge is 0.241 e. The van der Waals surface area contributed by atoms with Crippen LogP contribution in [0.5, 0.6) is 0 Å². The summed E-state index contributed by atoms with van der Waals surface area (Å²) in [5, 5.41) is 3.13. The van der Waals surface area contributed by atoms with E-state index < -0.39 is 0 Å². The van der Waals surface area contributed by atoms with Crippen LogP contribution in [0, 0.1) is 12.3 Å². The summed E-state index contributed by atoms with van der Waals surface area (Å²) >= 11 is 0. The maximum Gasteiger partial charge on any atom is 0.241 e. The van der Waals surface area contributed by atoms with E-state index in [4.69, 9.17) is 4.74 Å². The van der Waals surface area contributed by atoms with Gasteiger partial charge in [-0.25, -0.2) is 0 Å². The Morgan fingerprint density at radius 2 is 1.95 bits per heavy atom. The van der Waals surface area contributed by atoms with Crippen LogP contribution in [-0.2, 0) is 9.53 Å². The maximum atomic E-state index is 12.6. The highest BCUT2D eigenvalue weighted by Gasteiger charge is 2.43. The molecular weight excluding hydrogens is 276 g/mol. The van der Waals surface area contributed by atoms with Gasteiger partial charge in [-0.2, -0.15) is 0 Å². The van der Waals surface area contributed by atoms with Crippen molar-refractivity contribution in [3.63, 3.8) is 0 Å². The third-order valence-corrected chi connectivity index (χ3v) is 4.36. The summed E-state index contributed by atoms with van der Waals surface area (Å²) in [7, 11) is 3.88. The van der Waals surface area contributed by atoms with Gasteiger partial charge in [-0.1, -0.05) is 29.8 Å². The SMILES string of the molecule is CCOCC1(CNC(=O)[C@H](c2ccc(C)cc2)N(C)C)CC1. The number of nitrogens with zero attached hydrogens (tertiary/aromatic N) is 1. The lowest BCUT2D eigenvalue weighted by atomic mass is 10.0. The molecule has 0 unspecified atom stereocenters. The lowest BCUT2D eigenvalue weighted by Crippen LogP contribution is -2.40. The topological polar surface area (TPSA) is 41.6 Å². The molecule has 1 aromatic rings. The molecule has 1 amide bonds. The van der Waals surface area contributed by atoms with Crippen molar-refractivity contribution in [1.29, 1.82) is 0 Å². The number of ether oxygens (including phenoxy) is 1. The fourth-order valence-corrected chi connectivity index (χ4v) is 2.67. The molecule has 4 nitrogen and oxygen atoms in total. The Balaban J connectivity index is 1.97. The monoisotopic (exact) mass is 304 g/mol.